The molecule has 0 fully saturated rings. The largest absolute Gasteiger partial charge is 0.311 e. The van der Waals surface area contributed by atoms with E-state index in [-0.39, 0.29) is 0 Å². The second-order valence-electron chi connectivity index (χ2n) is 18.1. The Bertz CT molecular complexity index is 3560. The zero-order valence-corrected chi connectivity index (χ0v) is 39.9. The minimum absolute atomic E-state index is 0.377. The van der Waals surface area contributed by atoms with Gasteiger partial charge in [0.15, 0.2) is 0 Å². The van der Waals surface area contributed by atoms with Gasteiger partial charge in [-0.3, -0.25) is 0 Å². The summed E-state index contributed by atoms with van der Waals surface area (Å²) in [4.78, 5) is 9.40. The summed E-state index contributed by atoms with van der Waals surface area (Å²) in [5.41, 5.74) is 16.9. The van der Waals surface area contributed by atoms with Crippen LogP contribution in [-0.2, 0) is 0 Å². The normalized spacial score (nSPS) is 13.7. The smallest absolute Gasteiger partial charge is 0.0540 e. The molecule has 10 aromatic carbocycles. The van der Waals surface area contributed by atoms with Gasteiger partial charge >= 0.3 is 0 Å². The number of rotatable bonds is 13. The van der Waals surface area contributed by atoms with Crippen LogP contribution in [0.2, 0.25) is 0 Å². The molecule has 72 heavy (non-hydrogen) atoms. The summed E-state index contributed by atoms with van der Waals surface area (Å²) < 4.78 is 0. The molecular weight excluding hydrogens is 873 g/mol. The number of nitrogens with zero attached hydrogens (tertiary/aromatic N) is 4. The van der Waals surface area contributed by atoms with Crippen molar-refractivity contribution in [2.45, 2.75) is 6.42 Å². The Morgan fingerprint density at radius 2 is 0.667 bits per heavy atom. The molecular formula is C68H52N4. The molecule has 0 aromatic heterocycles. The van der Waals surface area contributed by atoms with E-state index in [1.807, 2.05) is 0 Å². The first-order valence-electron chi connectivity index (χ1n) is 24.8. The Morgan fingerprint density at radius 1 is 0.292 bits per heavy atom. The molecule has 2 aliphatic rings. The van der Waals surface area contributed by atoms with Crippen molar-refractivity contribution in [3.8, 4) is 11.1 Å². The summed E-state index contributed by atoms with van der Waals surface area (Å²) in [6, 6.07) is 93.5. The van der Waals surface area contributed by atoms with Crippen molar-refractivity contribution in [1.29, 1.82) is 0 Å². The number of allylic oxidation sites excluding steroid dienone is 7. The van der Waals surface area contributed by atoms with Gasteiger partial charge in [-0.25, -0.2) is 0 Å². The third kappa shape index (κ3) is 8.78. The summed E-state index contributed by atoms with van der Waals surface area (Å²) in [5, 5.41) is 2.42. The zero-order valence-electron chi connectivity index (χ0n) is 39.9. The van der Waals surface area contributed by atoms with Crippen molar-refractivity contribution in [3.05, 3.63) is 309 Å². The molecule has 2 aliphatic carbocycles. The van der Waals surface area contributed by atoms with Crippen molar-refractivity contribution < 1.29 is 0 Å². The van der Waals surface area contributed by atoms with Crippen molar-refractivity contribution in [1.82, 2.24) is 0 Å². The van der Waals surface area contributed by atoms with Gasteiger partial charge in [-0.2, -0.15) is 0 Å². The van der Waals surface area contributed by atoms with Crippen molar-refractivity contribution in [2.24, 2.45) is 5.92 Å². The minimum atomic E-state index is 0.377. The molecule has 12 rings (SSSR count). The van der Waals surface area contributed by atoms with E-state index in [4.69, 9.17) is 0 Å². The van der Waals surface area contributed by atoms with Gasteiger partial charge in [0, 0.05) is 73.9 Å². The SMILES string of the molecule is C1=CCC2C=CC=C(N(c3ccccc3)c3ccc(N(c4ccccc4)c4ccc(-c5ccc(N(c6ccccc6)c6ccc(N(c7ccccc7)c7cccc8ccccc78)cc6)cc5)cc4)cc3)C2=C1. The molecule has 0 saturated carbocycles. The maximum absolute atomic E-state index is 2.39. The molecule has 0 heterocycles. The van der Waals surface area contributed by atoms with Gasteiger partial charge < -0.3 is 19.6 Å². The highest BCUT2D eigenvalue weighted by Gasteiger charge is 2.26. The first-order valence-corrected chi connectivity index (χ1v) is 24.8. The predicted molar refractivity (Wildman–Crippen MR) is 305 cm³/mol. The number of benzene rings is 10. The lowest BCUT2D eigenvalue weighted by molar-refractivity contribution is 0.758. The molecule has 10 aromatic rings. The van der Waals surface area contributed by atoms with E-state index in [0.717, 1.165) is 80.1 Å². The van der Waals surface area contributed by atoms with Gasteiger partial charge in [-0.1, -0.05) is 164 Å². The Kier molecular flexibility index (Phi) is 12.1. The summed E-state index contributed by atoms with van der Waals surface area (Å²) in [6.07, 6.45) is 14.5. The van der Waals surface area contributed by atoms with Gasteiger partial charge in [0.1, 0.15) is 0 Å². The van der Waals surface area contributed by atoms with E-state index in [9.17, 15) is 0 Å². The highest BCUT2D eigenvalue weighted by Crippen LogP contribution is 2.44. The fourth-order valence-electron chi connectivity index (χ4n) is 10.3. The van der Waals surface area contributed by atoms with Crippen LogP contribution in [0.25, 0.3) is 21.9 Å². The van der Waals surface area contributed by atoms with Crippen LogP contribution in [0.15, 0.2) is 309 Å². The molecule has 0 aliphatic heterocycles. The molecule has 0 radical (unpaired) electrons. The lowest BCUT2D eigenvalue weighted by atomic mass is 9.85. The van der Waals surface area contributed by atoms with Gasteiger partial charge in [-0.05, 0) is 162 Å². The van der Waals surface area contributed by atoms with Gasteiger partial charge in [0.05, 0.1) is 5.69 Å². The standard InChI is InChI=1S/C68H52N4/c1-5-23-55(24-6-1)69(61-43-47-63(48-44-61)71(57-27-9-3-10-28-57)67-33-17-21-53-19-13-15-31-65(53)67)59-39-35-51(36-40-59)52-37-41-60(42-38-52)70(56-25-7-2-8-26-56)62-45-49-64(50-46-62)72(58-29-11-4-12-30-58)68-34-18-22-54-20-14-16-32-66(54)68/h1-19,21-50,54H,20H2. The highest BCUT2D eigenvalue weighted by atomic mass is 15.2. The molecule has 1 unspecified atom stereocenters. The zero-order chi connectivity index (χ0) is 48.1. The van der Waals surface area contributed by atoms with E-state index in [0.29, 0.717) is 5.92 Å². The van der Waals surface area contributed by atoms with Crippen LogP contribution in [0.1, 0.15) is 6.42 Å². The summed E-state index contributed by atoms with van der Waals surface area (Å²) >= 11 is 0. The average Bonchev–Trinajstić information content (AvgIpc) is 3.46. The lowest BCUT2D eigenvalue weighted by Crippen LogP contribution is -2.23. The highest BCUT2D eigenvalue weighted by molar-refractivity contribution is 5.99. The molecule has 4 nitrogen and oxygen atoms in total. The topological polar surface area (TPSA) is 13.0 Å². The molecule has 344 valence electrons. The van der Waals surface area contributed by atoms with E-state index in [1.54, 1.807) is 0 Å². The maximum atomic E-state index is 2.39. The van der Waals surface area contributed by atoms with Crippen LogP contribution in [0.4, 0.5) is 62.6 Å². The molecule has 0 saturated heterocycles. The first kappa shape index (κ1) is 43.9. The van der Waals surface area contributed by atoms with Crippen LogP contribution in [0.5, 0.6) is 0 Å². The van der Waals surface area contributed by atoms with Crippen LogP contribution in [0.3, 0.4) is 0 Å². The summed E-state index contributed by atoms with van der Waals surface area (Å²) in [6.45, 7) is 0. The second-order valence-corrected chi connectivity index (χ2v) is 18.1. The van der Waals surface area contributed by atoms with E-state index >= 15 is 0 Å². The number of hydrogen-bond acceptors (Lipinski definition) is 4. The van der Waals surface area contributed by atoms with Gasteiger partial charge in [-0.15, -0.1) is 0 Å². The first-order chi connectivity index (χ1) is 35.7. The number of hydrogen-bond donors (Lipinski definition) is 0. The molecule has 1 atom stereocenters. The fourth-order valence-corrected chi connectivity index (χ4v) is 10.3. The number of fused-ring (bicyclic) bond motifs is 2. The van der Waals surface area contributed by atoms with E-state index in [1.165, 1.54) is 22.0 Å². The molecule has 4 heteroatoms. The van der Waals surface area contributed by atoms with Crippen LogP contribution >= 0.6 is 0 Å². The summed E-state index contributed by atoms with van der Waals surface area (Å²) in [5.74, 6) is 0.377. The van der Waals surface area contributed by atoms with Crippen molar-refractivity contribution in [3.63, 3.8) is 0 Å². The van der Waals surface area contributed by atoms with Crippen LogP contribution < -0.4 is 19.6 Å². The van der Waals surface area contributed by atoms with Crippen molar-refractivity contribution in [2.75, 3.05) is 19.6 Å². The van der Waals surface area contributed by atoms with E-state index in [2.05, 4.69) is 317 Å². The third-order valence-corrected chi connectivity index (χ3v) is 13.7. The third-order valence-electron chi connectivity index (χ3n) is 13.7. The lowest BCUT2D eigenvalue weighted by Gasteiger charge is -2.34. The Labute approximate surface area is 422 Å². The van der Waals surface area contributed by atoms with Gasteiger partial charge in [0.25, 0.3) is 0 Å². The van der Waals surface area contributed by atoms with Crippen molar-refractivity contribution >= 4 is 73.3 Å². The molecule has 0 spiro atoms. The molecule has 0 bridgehead atoms. The molecule has 0 N–H and O–H groups in total. The maximum Gasteiger partial charge on any atom is 0.0540 e. The number of anilines is 11. The van der Waals surface area contributed by atoms with Gasteiger partial charge in [0.2, 0.25) is 0 Å². The van der Waals surface area contributed by atoms with E-state index < -0.39 is 0 Å². The van der Waals surface area contributed by atoms with Crippen LogP contribution in [-0.4, -0.2) is 0 Å². The second kappa shape index (κ2) is 19.9. The predicted octanol–water partition coefficient (Wildman–Crippen LogP) is 19.0. The summed E-state index contributed by atoms with van der Waals surface area (Å²) in [7, 11) is 0. The monoisotopic (exact) mass is 924 g/mol. The number of para-hydroxylation sites is 4. The fraction of sp³-hybridized carbons (Fsp3) is 0.0294. The minimum Gasteiger partial charge on any atom is -0.311 e. The average molecular weight is 925 g/mol. The Balaban J connectivity index is 0.836. The quantitative estimate of drug-likeness (QED) is 0.114. The van der Waals surface area contributed by atoms with Crippen LogP contribution in [0, 0.1) is 5.92 Å². The Hall–Kier alpha value is -9.38. The molecule has 0 amide bonds. The Morgan fingerprint density at radius 3 is 1.17 bits per heavy atom.